The molecule has 0 fully saturated rings. The van der Waals surface area contributed by atoms with Crippen LogP contribution in [0, 0.1) is 6.92 Å². The molecule has 320 valence electrons. The molecule has 0 aliphatic carbocycles. The number of aromatic hydroxyl groups is 1. The number of hydrogen-bond donors (Lipinski definition) is 1. The van der Waals surface area contributed by atoms with Crippen molar-refractivity contribution in [2.75, 3.05) is 0 Å². The van der Waals surface area contributed by atoms with Gasteiger partial charge in [0.1, 0.15) is 11.6 Å². The van der Waals surface area contributed by atoms with E-state index in [2.05, 4.69) is 97.0 Å². The fourth-order valence-corrected chi connectivity index (χ4v) is 8.26. The SMILES string of the molecule is [2H]C([2H])([2H])C(c1ccc(-n2c(-c3cc(C(C)(C)C)cc(C(C)(C)C)c3O)nc3c(-c4cc(-c5cc(-c6ccc(C)cc6)ccn5)cc(C(C)(C)C)c4)cccc32)c(-c2ccccc2)c1)(C([2H])([2H])[2H])C([2H])([2H])[2H]. The smallest absolute Gasteiger partial charge is 0.149 e. The van der Waals surface area contributed by atoms with Crippen molar-refractivity contribution in [1.29, 1.82) is 0 Å². The highest BCUT2D eigenvalue weighted by Crippen LogP contribution is 2.46. The number of rotatable bonds is 6. The molecule has 0 saturated carbocycles. The summed E-state index contributed by atoms with van der Waals surface area (Å²) in [6.07, 6.45) is 1.83. The summed E-state index contributed by atoms with van der Waals surface area (Å²) in [6, 6.07) is 42.3. The summed E-state index contributed by atoms with van der Waals surface area (Å²) in [5, 5.41) is 12.6. The highest BCUT2D eigenvalue weighted by Gasteiger charge is 2.30. The molecule has 4 nitrogen and oxygen atoms in total. The monoisotopic (exact) mass is 839 g/mol. The average molecular weight is 839 g/mol. The molecule has 6 aromatic carbocycles. The first-order chi connectivity index (χ1) is 33.3. The van der Waals surface area contributed by atoms with Gasteiger partial charge in [-0.3, -0.25) is 9.55 Å². The van der Waals surface area contributed by atoms with Gasteiger partial charge in [-0.2, -0.15) is 0 Å². The van der Waals surface area contributed by atoms with Crippen LogP contribution in [0.25, 0.3) is 72.7 Å². The second-order valence-corrected chi connectivity index (χ2v) is 20.1. The number of hydrogen-bond acceptors (Lipinski definition) is 3. The van der Waals surface area contributed by atoms with Crippen molar-refractivity contribution in [3.8, 4) is 67.5 Å². The van der Waals surface area contributed by atoms with Crippen molar-refractivity contribution in [3.05, 3.63) is 167 Å². The third-order valence-corrected chi connectivity index (χ3v) is 12.0. The van der Waals surface area contributed by atoms with Crippen LogP contribution in [0.4, 0.5) is 0 Å². The van der Waals surface area contributed by atoms with Gasteiger partial charge in [0.15, 0.2) is 0 Å². The van der Waals surface area contributed by atoms with E-state index in [9.17, 15) is 5.11 Å². The molecule has 63 heavy (non-hydrogen) atoms. The van der Waals surface area contributed by atoms with Gasteiger partial charge in [0.2, 0.25) is 0 Å². The molecular weight excluding hydrogens is 767 g/mol. The number of pyridine rings is 1. The van der Waals surface area contributed by atoms with Crippen molar-refractivity contribution in [2.45, 2.75) is 111 Å². The first-order valence-corrected chi connectivity index (χ1v) is 21.6. The zero-order valence-electron chi connectivity index (χ0n) is 47.1. The highest BCUT2D eigenvalue weighted by molar-refractivity contribution is 5.98. The lowest BCUT2D eigenvalue weighted by Gasteiger charge is -2.28. The highest BCUT2D eigenvalue weighted by atomic mass is 16.3. The second-order valence-electron chi connectivity index (χ2n) is 20.1. The molecule has 0 radical (unpaired) electrons. The van der Waals surface area contributed by atoms with E-state index in [1.54, 1.807) is 18.2 Å². The molecule has 0 aliphatic heterocycles. The number of aromatic nitrogens is 3. The van der Waals surface area contributed by atoms with Crippen LogP contribution in [-0.2, 0) is 21.7 Å². The van der Waals surface area contributed by atoms with Crippen LogP contribution in [0.15, 0.2) is 140 Å². The topological polar surface area (TPSA) is 50.9 Å². The lowest BCUT2D eigenvalue weighted by Crippen LogP contribution is -2.17. The average Bonchev–Trinajstić information content (AvgIpc) is 3.66. The Labute approximate surface area is 388 Å². The maximum absolute atomic E-state index is 12.6. The normalized spacial score (nSPS) is 15.3. The van der Waals surface area contributed by atoms with E-state index in [1.807, 2.05) is 86.1 Å². The first-order valence-electron chi connectivity index (χ1n) is 26.1. The quantitative estimate of drug-likeness (QED) is 0.181. The Kier molecular flexibility index (Phi) is 8.37. The van der Waals surface area contributed by atoms with Gasteiger partial charge >= 0.3 is 0 Å². The number of fused-ring (bicyclic) bond motifs is 1. The van der Waals surface area contributed by atoms with Crippen LogP contribution in [0.1, 0.15) is 123 Å². The summed E-state index contributed by atoms with van der Waals surface area (Å²) in [4.78, 5) is 10.4. The van der Waals surface area contributed by atoms with E-state index in [-0.39, 0.29) is 22.1 Å². The molecule has 8 rings (SSSR count). The molecule has 4 heteroatoms. The third kappa shape index (κ3) is 8.61. The van der Waals surface area contributed by atoms with Gasteiger partial charge in [-0.15, -0.1) is 0 Å². The van der Waals surface area contributed by atoms with Crippen molar-refractivity contribution in [3.63, 3.8) is 0 Å². The molecule has 2 heterocycles. The molecule has 0 atom stereocenters. The van der Waals surface area contributed by atoms with E-state index >= 15 is 0 Å². The van der Waals surface area contributed by atoms with Crippen molar-refractivity contribution in [1.82, 2.24) is 14.5 Å². The summed E-state index contributed by atoms with van der Waals surface area (Å²) >= 11 is 0. The molecule has 0 aliphatic rings. The van der Waals surface area contributed by atoms with E-state index in [0.29, 0.717) is 44.8 Å². The molecule has 0 unspecified atom stereocenters. The minimum Gasteiger partial charge on any atom is -0.507 e. The lowest BCUT2D eigenvalue weighted by molar-refractivity contribution is 0.446. The van der Waals surface area contributed by atoms with E-state index in [0.717, 1.165) is 44.6 Å². The number of phenolic OH excluding ortho intramolecular Hbond substituents is 1. The van der Waals surface area contributed by atoms with Crippen molar-refractivity contribution < 1.29 is 17.4 Å². The van der Waals surface area contributed by atoms with Gasteiger partial charge in [0.05, 0.1) is 28.0 Å². The zero-order valence-corrected chi connectivity index (χ0v) is 38.1. The Bertz CT molecular complexity index is 3290. The molecular formula is C59H63N3O. The van der Waals surface area contributed by atoms with Crippen LogP contribution in [0.5, 0.6) is 5.75 Å². The predicted octanol–water partition coefficient (Wildman–Crippen LogP) is 16.0. The van der Waals surface area contributed by atoms with Crippen LogP contribution in [-0.4, -0.2) is 19.6 Å². The standard InChI is InChI=1S/C59H63N3O/c1-37-22-24-38(25-23-37)40-28-29-60-50(33-40)42-30-41(31-44(32-42)57(5,6)7)46-20-17-21-52-53(46)61-55(48-35-45(58(8,9)10)36-49(54(48)63)59(11,12)13)62(52)51-27-26-43(56(2,3)4)34-47(51)39-18-15-14-16-19-39/h14-36,63H,1-13H3/i2D3,3D3,4D3. The molecule has 0 spiro atoms. The van der Waals surface area contributed by atoms with E-state index in [4.69, 9.17) is 22.3 Å². The Hall–Kier alpha value is -6.26. The number of imidazole rings is 1. The Balaban J connectivity index is 1.51. The van der Waals surface area contributed by atoms with E-state index in [1.165, 1.54) is 17.7 Å². The Morgan fingerprint density at radius 1 is 0.508 bits per heavy atom. The van der Waals surface area contributed by atoms with Crippen LogP contribution < -0.4 is 0 Å². The number of para-hydroxylation sites is 1. The Morgan fingerprint density at radius 3 is 1.84 bits per heavy atom. The fourth-order valence-electron chi connectivity index (χ4n) is 8.26. The summed E-state index contributed by atoms with van der Waals surface area (Å²) < 4.78 is 79.5. The van der Waals surface area contributed by atoms with Gasteiger partial charge in [-0.25, -0.2) is 4.98 Å². The minimum absolute atomic E-state index is 0.0364. The molecule has 2 aromatic heterocycles. The first kappa shape index (κ1) is 33.3. The van der Waals surface area contributed by atoms with E-state index < -0.39 is 31.4 Å². The van der Waals surface area contributed by atoms with Gasteiger partial charge < -0.3 is 5.11 Å². The summed E-state index contributed by atoms with van der Waals surface area (Å²) in [6.45, 7) is 10.6. The molecule has 8 aromatic rings. The van der Waals surface area contributed by atoms with Gasteiger partial charge in [-0.05, 0) is 116 Å². The van der Waals surface area contributed by atoms with Gasteiger partial charge in [-0.1, -0.05) is 173 Å². The maximum Gasteiger partial charge on any atom is 0.149 e. The molecule has 0 amide bonds. The third-order valence-electron chi connectivity index (χ3n) is 12.0. The van der Waals surface area contributed by atoms with Gasteiger partial charge in [0, 0.05) is 40.8 Å². The molecule has 0 saturated heterocycles. The summed E-state index contributed by atoms with van der Waals surface area (Å²) in [5.74, 6) is 0.402. The van der Waals surface area contributed by atoms with Crippen LogP contribution >= 0.6 is 0 Å². The lowest BCUT2D eigenvalue weighted by atomic mass is 9.79. The number of phenols is 1. The second kappa shape index (κ2) is 15.8. The van der Waals surface area contributed by atoms with Crippen LogP contribution in [0.3, 0.4) is 0 Å². The largest absolute Gasteiger partial charge is 0.507 e. The van der Waals surface area contributed by atoms with Crippen LogP contribution in [0.2, 0.25) is 0 Å². The summed E-state index contributed by atoms with van der Waals surface area (Å²) in [5.41, 5.74) is 7.68. The zero-order chi connectivity index (χ0) is 52.7. The van der Waals surface area contributed by atoms with Crippen molar-refractivity contribution in [2.24, 2.45) is 0 Å². The molecule has 0 bridgehead atoms. The number of aryl methyl sites for hydroxylation is 1. The number of nitrogens with zero attached hydrogens (tertiary/aromatic N) is 3. The summed E-state index contributed by atoms with van der Waals surface area (Å²) in [7, 11) is 0. The van der Waals surface area contributed by atoms with Crippen molar-refractivity contribution >= 4 is 11.0 Å². The number of benzene rings is 6. The molecule has 1 N–H and O–H groups in total. The minimum atomic E-state index is -3.48. The maximum atomic E-state index is 12.6. The Morgan fingerprint density at radius 2 is 1.17 bits per heavy atom. The predicted molar refractivity (Wildman–Crippen MR) is 267 cm³/mol. The fraction of sp³-hybridized carbons (Fsp3) is 0.288. The van der Waals surface area contributed by atoms with Gasteiger partial charge in [0.25, 0.3) is 0 Å².